The van der Waals surface area contributed by atoms with Gasteiger partial charge in [0, 0.05) is 5.39 Å². The Kier molecular flexibility index (Phi) is 1.95. The maximum atomic E-state index is 9.16. The van der Waals surface area contributed by atoms with Crippen LogP contribution in [0.1, 0.15) is 11.1 Å². The van der Waals surface area contributed by atoms with Crippen molar-refractivity contribution in [1.29, 1.82) is 5.26 Å². The van der Waals surface area contributed by atoms with Crippen LogP contribution in [0.15, 0.2) is 35.7 Å². The van der Waals surface area contributed by atoms with Crippen LogP contribution in [0.25, 0.3) is 20.9 Å². The van der Waals surface area contributed by atoms with Gasteiger partial charge in [-0.2, -0.15) is 5.26 Å². The normalized spacial score (nSPS) is 10.8. The summed E-state index contributed by atoms with van der Waals surface area (Å²) in [4.78, 5) is 0. The minimum Gasteiger partial charge on any atom is -0.192 e. The van der Waals surface area contributed by atoms with E-state index in [2.05, 4.69) is 37.3 Å². The molecule has 0 aliphatic rings. The molecule has 0 radical (unpaired) electrons. The van der Waals surface area contributed by atoms with E-state index in [1.807, 2.05) is 11.4 Å². The zero-order valence-corrected chi connectivity index (χ0v) is 9.64. The van der Waals surface area contributed by atoms with Gasteiger partial charge in [-0.3, -0.25) is 0 Å². The Hall–Kier alpha value is -1.85. The van der Waals surface area contributed by atoms with Crippen LogP contribution in [0.3, 0.4) is 0 Å². The van der Waals surface area contributed by atoms with Gasteiger partial charge in [0.2, 0.25) is 0 Å². The average molecular weight is 223 g/mol. The first kappa shape index (κ1) is 9.38. The molecule has 1 aromatic heterocycles. The van der Waals surface area contributed by atoms with Gasteiger partial charge in [-0.05, 0) is 40.8 Å². The van der Waals surface area contributed by atoms with E-state index in [1.165, 1.54) is 21.7 Å². The topological polar surface area (TPSA) is 23.8 Å². The summed E-state index contributed by atoms with van der Waals surface area (Å²) in [5, 5.41) is 14.8. The minimum absolute atomic E-state index is 0.784. The molecule has 76 valence electrons. The molecule has 3 rings (SSSR count). The Morgan fingerprint density at radius 3 is 2.81 bits per heavy atom. The van der Waals surface area contributed by atoms with Crippen LogP contribution in [0, 0.1) is 18.3 Å². The summed E-state index contributed by atoms with van der Waals surface area (Å²) in [6, 6.07) is 12.7. The minimum atomic E-state index is 0.784. The highest BCUT2D eigenvalue weighted by Crippen LogP contribution is 2.33. The van der Waals surface area contributed by atoms with Gasteiger partial charge in [-0.15, -0.1) is 11.3 Å². The lowest BCUT2D eigenvalue weighted by Crippen LogP contribution is -1.82. The van der Waals surface area contributed by atoms with Gasteiger partial charge in [0.25, 0.3) is 0 Å². The Balaban J connectivity index is 2.65. The van der Waals surface area contributed by atoms with Crippen LogP contribution in [0.5, 0.6) is 0 Å². The first-order chi connectivity index (χ1) is 7.81. The fraction of sp³-hybridized carbons (Fsp3) is 0.0714. The van der Waals surface area contributed by atoms with Gasteiger partial charge in [0.15, 0.2) is 0 Å². The molecule has 0 aliphatic carbocycles. The van der Waals surface area contributed by atoms with Crippen molar-refractivity contribution in [3.8, 4) is 6.07 Å². The molecule has 0 N–H and O–H groups in total. The number of nitrogens with zero attached hydrogens (tertiary/aromatic N) is 1. The maximum absolute atomic E-state index is 9.16. The van der Waals surface area contributed by atoms with Crippen LogP contribution in [-0.4, -0.2) is 0 Å². The number of thiophene rings is 1. The average Bonchev–Trinajstić information content (AvgIpc) is 2.78. The third-order valence-electron chi connectivity index (χ3n) is 2.93. The molecule has 16 heavy (non-hydrogen) atoms. The Labute approximate surface area is 97.6 Å². The molecule has 2 heteroatoms. The van der Waals surface area contributed by atoms with Crippen molar-refractivity contribution < 1.29 is 0 Å². The molecule has 0 saturated heterocycles. The SMILES string of the molecule is Cc1cccc2c1cc(C#N)c1sccc12. The molecule has 0 amide bonds. The Morgan fingerprint density at radius 2 is 2.00 bits per heavy atom. The Bertz CT molecular complexity index is 731. The lowest BCUT2D eigenvalue weighted by Gasteiger charge is -2.04. The number of fused-ring (bicyclic) bond motifs is 3. The molecule has 2 aromatic carbocycles. The van der Waals surface area contributed by atoms with Crippen LogP contribution in [0.2, 0.25) is 0 Å². The summed E-state index contributed by atoms with van der Waals surface area (Å²) in [6.07, 6.45) is 0. The van der Waals surface area contributed by atoms with Crippen molar-refractivity contribution in [3.05, 3.63) is 46.8 Å². The van der Waals surface area contributed by atoms with Gasteiger partial charge >= 0.3 is 0 Å². The lowest BCUT2D eigenvalue weighted by molar-refractivity contribution is 1.50. The molecule has 0 unspecified atom stereocenters. The van der Waals surface area contributed by atoms with Gasteiger partial charge in [0.1, 0.15) is 6.07 Å². The lowest BCUT2D eigenvalue weighted by atomic mass is 10.00. The van der Waals surface area contributed by atoms with E-state index in [9.17, 15) is 0 Å². The van der Waals surface area contributed by atoms with E-state index >= 15 is 0 Å². The molecule has 0 aliphatic heterocycles. The summed E-state index contributed by atoms with van der Waals surface area (Å²) in [5.41, 5.74) is 2.01. The number of rotatable bonds is 0. The molecule has 0 spiro atoms. The van der Waals surface area contributed by atoms with E-state index in [4.69, 9.17) is 5.26 Å². The van der Waals surface area contributed by atoms with E-state index in [1.54, 1.807) is 11.3 Å². The summed E-state index contributed by atoms with van der Waals surface area (Å²) in [7, 11) is 0. The second kappa shape index (κ2) is 3.33. The van der Waals surface area contributed by atoms with Crippen molar-refractivity contribution in [2.45, 2.75) is 6.92 Å². The molecule has 0 atom stereocenters. The number of hydrogen-bond donors (Lipinski definition) is 0. The third kappa shape index (κ3) is 1.16. The summed E-state index contributed by atoms with van der Waals surface area (Å²) in [6.45, 7) is 2.09. The first-order valence-electron chi connectivity index (χ1n) is 5.11. The number of hydrogen-bond acceptors (Lipinski definition) is 2. The number of benzene rings is 2. The van der Waals surface area contributed by atoms with Gasteiger partial charge in [0.05, 0.1) is 10.3 Å². The smallest absolute Gasteiger partial charge is 0.101 e. The molecule has 0 fully saturated rings. The number of aryl methyl sites for hydroxylation is 1. The van der Waals surface area contributed by atoms with Crippen molar-refractivity contribution in [3.63, 3.8) is 0 Å². The molecule has 3 aromatic rings. The van der Waals surface area contributed by atoms with E-state index in [0.717, 1.165) is 10.3 Å². The Morgan fingerprint density at radius 1 is 1.12 bits per heavy atom. The molecular weight excluding hydrogens is 214 g/mol. The molecule has 0 bridgehead atoms. The molecule has 1 heterocycles. The quantitative estimate of drug-likeness (QED) is 0.559. The van der Waals surface area contributed by atoms with Gasteiger partial charge in [-0.25, -0.2) is 0 Å². The first-order valence-corrected chi connectivity index (χ1v) is 5.99. The van der Waals surface area contributed by atoms with E-state index < -0.39 is 0 Å². The zero-order valence-electron chi connectivity index (χ0n) is 8.82. The van der Waals surface area contributed by atoms with Crippen molar-refractivity contribution in [2.75, 3.05) is 0 Å². The van der Waals surface area contributed by atoms with Crippen LogP contribution < -0.4 is 0 Å². The largest absolute Gasteiger partial charge is 0.192 e. The monoisotopic (exact) mass is 223 g/mol. The predicted molar refractivity (Wildman–Crippen MR) is 68.8 cm³/mol. The summed E-state index contributed by atoms with van der Waals surface area (Å²) in [5.74, 6) is 0. The van der Waals surface area contributed by atoms with Crippen LogP contribution in [-0.2, 0) is 0 Å². The second-order valence-corrected chi connectivity index (χ2v) is 4.79. The van der Waals surface area contributed by atoms with E-state index in [0.29, 0.717) is 0 Å². The van der Waals surface area contributed by atoms with Gasteiger partial charge < -0.3 is 0 Å². The van der Waals surface area contributed by atoms with E-state index in [-0.39, 0.29) is 0 Å². The van der Waals surface area contributed by atoms with Crippen molar-refractivity contribution in [1.82, 2.24) is 0 Å². The highest BCUT2D eigenvalue weighted by Gasteiger charge is 2.08. The summed E-state index contributed by atoms with van der Waals surface area (Å²) >= 11 is 1.64. The standard InChI is InChI=1S/C14H9NS/c1-9-3-2-4-11-12-5-6-16-14(12)10(8-15)7-13(9)11/h2-7H,1H3. The van der Waals surface area contributed by atoms with Crippen LogP contribution in [0.4, 0.5) is 0 Å². The molecular formula is C14H9NS. The summed E-state index contributed by atoms with van der Waals surface area (Å²) < 4.78 is 1.10. The van der Waals surface area contributed by atoms with Crippen molar-refractivity contribution >= 4 is 32.2 Å². The fourth-order valence-electron chi connectivity index (χ4n) is 2.13. The maximum Gasteiger partial charge on any atom is 0.101 e. The second-order valence-electron chi connectivity index (χ2n) is 3.87. The molecule has 1 nitrogen and oxygen atoms in total. The van der Waals surface area contributed by atoms with Gasteiger partial charge in [-0.1, -0.05) is 18.2 Å². The zero-order chi connectivity index (χ0) is 11.1. The highest BCUT2D eigenvalue weighted by atomic mass is 32.1. The van der Waals surface area contributed by atoms with Crippen molar-refractivity contribution in [2.24, 2.45) is 0 Å². The predicted octanol–water partition coefficient (Wildman–Crippen LogP) is 4.23. The number of nitriles is 1. The highest BCUT2D eigenvalue weighted by molar-refractivity contribution is 7.17. The third-order valence-corrected chi connectivity index (χ3v) is 3.88. The van der Waals surface area contributed by atoms with Crippen LogP contribution >= 0.6 is 11.3 Å². The fourth-order valence-corrected chi connectivity index (χ4v) is 3.01. The molecule has 0 saturated carbocycles.